The smallest absolute Gasteiger partial charge is 0.225 e. The van der Waals surface area contributed by atoms with Crippen molar-refractivity contribution < 1.29 is 9.59 Å². The second-order valence-corrected chi connectivity index (χ2v) is 7.33. The quantitative estimate of drug-likeness (QED) is 0.877. The first-order chi connectivity index (χ1) is 12.1. The van der Waals surface area contributed by atoms with Crippen LogP contribution in [0, 0.1) is 18.8 Å². The maximum atomic E-state index is 12.6. The minimum Gasteiger partial charge on any atom is -0.352 e. The van der Waals surface area contributed by atoms with Crippen LogP contribution in [-0.4, -0.2) is 42.9 Å². The average Bonchev–Trinajstić information content (AvgIpc) is 2.67. The van der Waals surface area contributed by atoms with Gasteiger partial charge in [0.2, 0.25) is 11.8 Å². The van der Waals surface area contributed by atoms with Gasteiger partial charge >= 0.3 is 0 Å². The number of nitrogens with zero attached hydrogens (tertiary/aromatic N) is 1. The molecule has 5 nitrogen and oxygen atoms in total. The Morgan fingerprint density at radius 1 is 1.04 bits per heavy atom. The molecular formula is C20H29N3O2. The van der Waals surface area contributed by atoms with Gasteiger partial charge in [0.05, 0.1) is 0 Å². The Balaban J connectivity index is 1.42. The predicted octanol–water partition coefficient (Wildman–Crippen LogP) is 1.85. The normalized spacial score (nSPS) is 19.6. The Labute approximate surface area is 150 Å². The first-order valence-electron chi connectivity index (χ1n) is 9.46. The lowest BCUT2D eigenvalue weighted by Gasteiger charge is -2.34. The Morgan fingerprint density at radius 2 is 1.68 bits per heavy atom. The van der Waals surface area contributed by atoms with E-state index in [0.717, 1.165) is 44.3 Å². The summed E-state index contributed by atoms with van der Waals surface area (Å²) in [5.41, 5.74) is 2.35. The fraction of sp³-hybridized carbons (Fsp3) is 0.600. The van der Waals surface area contributed by atoms with Crippen molar-refractivity contribution in [3.8, 4) is 0 Å². The molecule has 0 spiro atoms. The van der Waals surface area contributed by atoms with Crippen LogP contribution in [0.1, 0.15) is 36.8 Å². The summed E-state index contributed by atoms with van der Waals surface area (Å²) in [6.45, 7) is 5.94. The van der Waals surface area contributed by atoms with Gasteiger partial charge in [0.1, 0.15) is 0 Å². The maximum Gasteiger partial charge on any atom is 0.225 e. The molecule has 5 heteroatoms. The van der Waals surface area contributed by atoms with Crippen molar-refractivity contribution in [1.82, 2.24) is 15.5 Å². The third kappa shape index (κ3) is 4.82. The first kappa shape index (κ1) is 17.9. The highest BCUT2D eigenvalue weighted by Crippen LogP contribution is 2.22. The van der Waals surface area contributed by atoms with Gasteiger partial charge in [-0.15, -0.1) is 0 Å². The van der Waals surface area contributed by atoms with Crippen molar-refractivity contribution in [2.24, 2.45) is 11.8 Å². The number of piperidine rings is 2. The number of carbonyl (C=O) groups excluding carboxylic acids is 2. The van der Waals surface area contributed by atoms with Gasteiger partial charge in [-0.2, -0.15) is 0 Å². The second kappa shape index (κ2) is 8.48. The van der Waals surface area contributed by atoms with E-state index in [1.54, 1.807) is 0 Å². The third-order valence-electron chi connectivity index (χ3n) is 5.45. The van der Waals surface area contributed by atoms with E-state index in [1.807, 2.05) is 4.90 Å². The van der Waals surface area contributed by atoms with E-state index in [2.05, 4.69) is 41.8 Å². The van der Waals surface area contributed by atoms with Crippen LogP contribution in [0.25, 0.3) is 0 Å². The Hall–Kier alpha value is -1.88. The number of nitrogens with one attached hydrogen (secondary N) is 2. The molecule has 2 N–H and O–H groups in total. The zero-order valence-corrected chi connectivity index (χ0v) is 15.1. The van der Waals surface area contributed by atoms with Crippen molar-refractivity contribution in [3.63, 3.8) is 0 Å². The zero-order chi connectivity index (χ0) is 17.6. The van der Waals surface area contributed by atoms with Crippen LogP contribution in [0.5, 0.6) is 0 Å². The molecule has 25 heavy (non-hydrogen) atoms. The number of hydrogen-bond donors (Lipinski definition) is 2. The topological polar surface area (TPSA) is 61.4 Å². The monoisotopic (exact) mass is 343 g/mol. The molecule has 2 saturated heterocycles. The number of aryl methyl sites for hydroxylation is 1. The molecule has 0 radical (unpaired) electrons. The molecule has 2 heterocycles. The molecule has 2 aliphatic rings. The first-order valence-corrected chi connectivity index (χ1v) is 9.46. The standard InChI is InChI=1S/C20H29N3O2/c1-15-2-4-16(5-3-15)14-22-19(24)17-8-12-23(13-9-17)20(25)18-6-10-21-11-7-18/h2-5,17-18,21H,6-14H2,1H3,(H,22,24). The van der Waals surface area contributed by atoms with Crippen molar-refractivity contribution in [3.05, 3.63) is 35.4 Å². The van der Waals surface area contributed by atoms with E-state index in [1.165, 1.54) is 5.56 Å². The van der Waals surface area contributed by atoms with Crippen molar-refractivity contribution in [2.75, 3.05) is 26.2 Å². The zero-order valence-electron chi connectivity index (χ0n) is 15.1. The Morgan fingerprint density at radius 3 is 2.32 bits per heavy atom. The minimum absolute atomic E-state index is 0.0301. The van der Waals surface area contributed by atoms with Gasteiger partial charge < -0.3 is 15.5 Å². The lowest BCUT2D eigenvalue weighted by Crippen LogP contribution is -2.46. The number of amides is 2. The molecule has 0 unspecified atom stereocenters. The Bertz CT molecular complexity index is 585. The van der Waals surface area contributed by atoms with Crippen LogP contribution < -0.4 is 10.6 Å². The third-order valence-corrected chi connectivity index (χ3v) is 5.45. The molecule has 0 aliphatic carbocycles. The molecule has 2 fully saturated rings. The fourth-order valence-corrected chi connectivity index (χ4v) is 3.73. The fourth-order valence-electron chi connectivity index (χ4n) is 3.73. The summed E-state index contributed by atoms with van der Waals surface area (Å²) in [5, 5.41) is 6.35. The van der Waals surface area contributed by atoms with Crippen molar-refractivity contribution in [1.29, 1.82) is 0 Å². The van der Waals surface area contributed by atoms with Crippen LogP contribution in [0.4, 0.5) is 0 Å². The molecule has 3 rings (SSSR count). The molecule has 1 aromatic rings. The van der Waals surface area contributed by atoms with Crippen molar-refractivity contribution in [2.45, 2.75) is 39.2 Å². The molecule has 2 aliphatic heterocycles. The number of rotatable bonds is 4. The summed E-state index contributed by atoms with van der Waals surface area (Å²) in [7, 11) is 0. The van der Waals surface area contributed by atoms with E-state index in [4.69, 9.17) is 0 Å². The van der Waals surface area contributed by atoms with Gasteiger partial charge in [-0.1, -0.05) is 29.8 Å². The molecule has 0 bridgehead atoms. The predicted molar refractivity (Wildman–Crippen MR) is 97.9 cm³/mol. The number of likely N-dealkylation sites (tertiary alicyclic amines) is 1. The highest BCUT2D eigenvalue weighted by molar-refractivity contribution is 5.81. The number of carbonyl (C=O) groups is 2. The highest BCUT2D eigenvalue weighted by atomic mass is 16.2. The van der Waals surface area contributed by atoms with Crippen LogP contribution in [0.2, 0.25) is 0 Å². The van der Waals surface area contributed by atoms with E-state index in [0.29, 0.717) is 25.5 Å². The molecule has 0 atom stereocenters. The van der Waals surface area contributed by atoms with Gasteiger partial charge in [-0.05, 0) is 51.3 Å². The minimum atomic E-state index is 0.0301. The van der Waals surface area contributed by atoms with Crippen molar-refractivity contribution >= 4 is 11.8 Å². The molecule has 0 aromatic heterocycles. The molecule has 1 aromatic carbocycles. The average molecular weight is 343 g/mol. The highest BCUT2D eigenvalue weighted by Gasteiger charge is 2.31. The van der Waals surface area contributed by atoms with Gasteiger partial charge in [-0.25, -0.2) is 0 Å². The number of benzene rings is 1. The van der Waals surface area contributed by atoms with E-state index < -0.39 is 0 Å². The van der Waals surface area contributed by atoms with E-state index in [-0.39, 0.29) is 17.7 Å². The molecule has 136 valence electrons. The van der Waals surface area contributed by atoms with Gasteiger partial charge in [0.15, 0.2) is 0 Å². The summed E-state index contributed by atoms with van der Waals surface area (Å²) < 4.78 is 0. The lowest BCUT2D eigenvalue weighted by atomic mass is 9.92. The number of hydrogen-bond acceptors (Lipinski definition) is 3. The van der Waals surface area contributed by atoms with Gasteiger partial charge in [0, 0.05) is 31.5 Å². The van der Waals surface area contributed by atoms with Crippen LogP contribution >= 0.6 is 0 Å². The molecular weight excluding hydrogens is 314 g/mol. The summed E-state index contributed by atoms with van der Waals surface area (Å²) in [6.07, 6.45) is 3.43. The Kier molecular flexibility index (Phi) is 6.08. The van der Waals surface area contributed by atoms with Crippen LogP contribution in [0.15, 0.2) is 24.3 Å². The molecule has 2 amide bonds. The van der Waals surface area contributed by atoms with E-state index >= 15 is 0 Å². The SMILES string of the molecule is Cc1ccc(CNC(=O)C2CCN(C(=O)C3CCNCC3)CC2)cc1. The second-order valence-electron chi connectivity index (χ2n) is 7.33. The lowest BCUT2D eigenvalue weighted by molar-refractivity contribution is -0.139. The van der Waals surface area contributed by atoms with Gasteiger partial charge in [0.25, 0.3) is 0 Å². The van der Waals surface area contributed by atoms with Crippen LogP contribution in [0.3, 0.4) is 0 Å². The summed E-state index contributed by atoms with van der Waals surface area (Å²) >= 11 is 0. The summed E-state index contributed by atoms with van der Waals surface area (Å²) in [5.74, 6) is 0.616. The molecule has 0 saturated carbocycles. The van der Waals surface area contributed by atoms with Gasteiger partial charge in [-0.3, -0.25) is 9.59 Å². The largest absolute Gasteiger partial charge is 0.352 e. The van der Waals surface area contributed by atoms with Crippen LogP contribution in [-0.2, 0) is 16.1 Å². The summed E-state index contributed by atoms with van der Waals surface area (Å²) in [6, 6.07) is 8.23. The maximum absolute atomic E-state index is 12.6. The van der Waals surface area contributed by atoms with E-state index in [9.17, 15) is 9.59 Å². The summed E-state index contributed by atoms with van der Waals surface area (Å²) in [4.78, 5) is 26.9.